The number of nitrogens with zero attached hydrogens (tertiary/aromatic N) is 2. The number of aryl methyl sites for hydroxylation is 1. The van der Waals surface area contributed by atoms with Crippen LogP contribution in [-0.4, -0.2) is 65.5 Å². The van der Waals surface area contributed by atoms with Gasteiger partial charge >= 0.3 is 0 Å². The normalized spacial score (nSPS) is 20.9. The summed E-state index contributed by atoms with van der Waals surface area (Å²) >= 11 is 0. The number of aromatic nitrogens is 1. The Balaban J connectivity index is 1.57. The highest BCUT2D eigenvalue weighted by molar-refractivity contribution is 5.97. The molecule has 1 atom stereocenters. The standard InChI is InChI=1S/C25H32N6O6/c1-15-22-19(37-30-15)13-27-20(32)11-18(23(26)34)28-21(33)12-25(29-24(22)35)6-8-31(9-7-25)14-16-4-3-5-17(10-16)36-2/h3-5,10,18H,6-9,11-14H2,1-2H3,(H2,26,34)(H,27,32)(H,28,33)(H,29,35). The Morgan fingerprint density at radius 1 is 1.24 bits per heavy atom. The van der Waals surface area contributed by atoms with Crippen molar-refractivity contribution in [3.8, 4) is 5.75 Å². The number of hydrogen-bond donors (Lipinski definition) is 4. The van der Waals surface area contributed by atoms with E-state index in [4.69, 9.17) is 15.0 Å². The maximum atomic E-state index is 13.4. The molecule has 12 nitrogen and oxygen atoms in total. The van der Waals surface area contributed by atoms with Crippen LogP contribution in [-0.2, 0) is 27.5 Å². The van der Waals surface area contributed by atoms with Gasteiger partial charge in [0, 0.05) is 26.1 Å². The van der Waals surface area contributed by atoms with Crippen LogP contribution in [0, 0.1) is 6.92 Å². The van der Waals surface area contributed by atoms with Gasteiger partial charge in [0.1, 0.15) is 17.4 Å². The minimum Gasteiger partial charge on any atom is -0.497 e. The number of ether oxygens (including phenoxy) is 1. The molecule has 0 saturated carbocycles. The Kier molecular flexibility index (Phi) is 7.77. The lowest BCUT2D eigenvalue weighted by Gasteiger charge is -2.42. The predicted octanol–water partition coefficient (Wildman–Crippen LogP) is 0.136. The summed E-state index contributed by atoms with van der Waals surface area (Å²) < 4.78 is 10.6. The van der Waals surface area contributed by atoms with Gasteiger partial charge in [-0.25, -0.2) is 0 Å². The van der Waals surface area contributed by atoms with Gasteiger partial charge in [0.15, 0.2) is 5.76 Å². The van der Waals surface area contributed by atoms with Crippen molar-refractivity contribution in [3.63, 3.8) is 0 Å². The van der Waals surface area contributed by atoms with Crippen molar-refractivity contribution >= 4 is 23.6 Å². The van der Waals surface area contributed by atoms with Crippen molar-refractivity contribution in [2.75, 3.05) is 20.2 Å². The number of benzene rings is 1. The number of carbonyl (C=O) groups excluding carboxylic acids is 4. The summed E-state index contributed by atoms with van der Waals surface area (Å²) in [4.78, 5) is 53.0. The molecule has 2 aromatic rings. The van der Waals surface area contributed by atoms with Gasteiger partial charge in [-0.15, -0.1) is 0 Å². The summed E-state index contributed by atoms with van der Waals surface area (Å²) in [6.45, 7) is 3.49. The molecule has 2 aliphatic rings. The maximum absolute atomic E-state index is 13.4. The monoisotopic (exact) mass is 512 g/mol. The number of amides is 4. The first-order valence-electron chi connectivity index (χ1n) is 12.2. The molecule has 0 radical (unpaired) electrons. The van der Waals surface area contributed by atoms with E-state index in [-0.39, 0.29) is 30.7 Å². The first kappa shape index (κ1) is 26.1. The molecule has 5 N–H and O–H groups in total. The molecule has 1 aromatic carbocycles. The molecule has 1 spiro atoms. The van der Waals surface area contributed by atoms with E-state index in [1.165, 1.54) is 0 Å². The number of fused-ring (bicyclic) bond motifs is 1. The van der Waals surface area contributed by atoms with Crippen LogP contribution in [0.3, 0.4) is 0 Å². The molecule has 1 fully saturated rings. The smallest absolute Gasteiger partial charge is 0.257 e. The Labute approximate surface area is 214 Å². The minimum absolute atomic E-state index is 0.0726. The molecule has 1 saturated heterocycles. The molecule has 198 valence electrons. The fourth-order valence-electron chi connectivity index (χ4n) is 4.86. The zero-order chi connectivity index (χ0) is 26.6. The Morgan fingerprint density at radius 3 is 2.70 bits per heavy atom. The lowest BCUT2D eigenvalue weighted by molar-refractivity contribution is -0.131. The van der Waals surface area contributed by atoms with E-state index in [0.29, 0.717) is 38.2 Å². The van der Waals surface area contributed by atoms with Crippen LogP contribution in [0.4, 0.5) is 0 Å². The maximum Gasteiger partial charge on any atom is 0.257 e. The molecule has 4 rings (SSSR count). The van der Waals surface area contributed by atoms with E-state index in [0.717, 1.165) is 11.3 Å². The molecule has 1 unspecified atom stereocenters. The quantitative estimate of drug-likeness (QED) is 0.448. The molecule has 12 heteroatoms. The Morgan fingerprint density at radius 2 is 2.00 bits per heavy atom. The molecule has 0 bridgehead atoms. The average Bonchev–Trinajstić information content (AvgIpc) is 3.24. The van der Waals surface area contributed by atoms with Crippen molar-refractivity contribution in [3.05, 3.63) is 46.8 Å². The van der Waals surface area contributed by atoms with Crippen LogP contribution in [0.2, 0.25) is 0 Å². The summed E-state index contributed by atoms with van der Waals surface area (Å²) in [5, 5.41) is 12.1. The SMILES string of the molecule is COc1cccc(CN2CCC3(CC2)CC(=O)NC(C(N)=O)CC(=O)NCc2onc(C)c2C(=O)N3)c1. The van der Waals surface area contributed by atoms with Gasteiger partial charge in [-0.1, -0.05) is 17.3 Å². The highest BCUT2D eigenvalue weighted by Crippen LogP contribution is 2.29. The topological polar surface area (TPSA) is 169 Å². The largest absolute Gasteiger partial charge is 0.497 e. The molecule has 3 heterocycles. The van der Waals surface area contributed by atoms with E-state index in [1.807, 2.05) is 24.3 Å². The Hall–Kier alpha value is -3.93. The molecular weight excluding hydrogens is 480 g/mol. The summed E-state index contributed by atoms with van der Waals surface area (Å²) in [6.07, 6.45) is 0.589. The number of likely N-dealkylation sites (tertiary alicyclic amines) is 1. The third-order valence-electron chi connectivity index (χ3n) is 6.91. The molecule has 4 amide bonds. The van der Waals surface area contributed by atoms with E-state index < -0.39 is 35.2 Å². The van der Waals surface area contributed by atoms with Crippen LogP contribution in [0.5, 0.6) is 5.75 Å². The van der Waals surface area contributed by atoms with Crippen molar-refractivity contribution in [2.24, 2.45) is 5.73 Å². The van der Waals surface area contributed by atoms with Gasteiger partial charge in [-0.3, -0.25) is 24.1 Å². The molecule has 0 aliphatic carbocycles. The van der Waals surface area contributed by atoms with E-state index in [9.17, 15) is 19.2 Å². The molecule has 2 aliphatic heterocycles. The van der Waals surface area contributed by atoms with Gasteiger partial charge in [0.25, 0.3) is 5.91 Å². The van der Waals surface area contributed by atoms with E-state index >= 15 is 0 Å². The zero-order valence-corrected chi connectivity index (χ0v) is 21.0. The lowest BCUT2D eigenvalue weighted by atomic mass is 9.83. The summed E-state index contributed by atoms with van der Waals surface area (Å²) in [5.41, 5.74) is 6.26. The second-order valence-electron chi connectivity index (χ2n) is 9.61. The number of methoxy groups -OCH3 is 1. The van der Waals surface area contributed by atoms with Crippen LogP contribution in [0.15, 0.2) is 28.8 Å². The van der Waals surface area contributed by atoms with Crippen LogP contribution in [0.25, 0.3) is 0 Å². The third-order valence-corrected chi connectivity index (χ3v) is 6.91. The fraction of sp³-hybridized carbons (Fsp3) is 0.480. The number of nitrogens with one attached hydrogen (secondary N) is 3. The fourth-order valence-corrected chi connectivity index (χ4v) is 4.86. The van der Waals surface area contributed by atoms with Gasteiger partial charge in [-0.2, -0.15) is 0 Å². The van der Waals surface area contributed by atoms with Crippen LogP contribution >= 0.6 is 0 Å². The second kappa shape index (κ2) is 11.0. The second-order valence-corrected chi connectivity index (χ2v) is 9.61. The highest BCUT2D eigenvalue weighted by Gasteiger charge is 2.40. The first-order chi connectivity index (χ1) is 17.7. The summed E-state index contributed by atoms with van der Waals surface area (Å²) in [6, 6.07) is 6.65. The van der Waals surface area contributed by atoms with Crippen molar-refractivity contribution < 1.29 is 28.4 Å². The Bertz CT molecular complexity index is 1190. The van der Waals surface area contributed by atoms with Crippen LogP contribution in [0.1, 0.15) is 53.1 Å². The number of carbonyl (C=O) groups is 4. The van der Waals surface area contributed by atoms with Gasteiger partial charge in [-0.05, 0) is 37.5 Å². The van der Waals surface area contributed by atoms with Crippen molar-refractivity contribution in [1.29, 1.82) is 0 Å². The molecular formula is C25H32N6O6. The highest BCUT2D eigenvalue weighted by atomic mass is 16.5. The summed E-state index contributed by atoms with van der Waals surface area (Å²) in [5.74, 6) is -1.27. The van der Waals surface area contributed by atoms with Gasteiger partial charge < -0.3 is 30.9 Å². The zero-order valence-electron chi connectivity index (χ0n) is 21.0. The van der Waals surface area contributed by atoms with E-state index in [2.05, 4.69) is 26.0 Å². The minimum atomic E-state index is -1.18. The third kappa shape index (κ3) is 6.26. The van der Waals surface area contributed by atoms with Crippen molar-refractivity contribution in [1.82, 2.24) is 26.0 Å². The molecule has 1 aromatic heterocycles. The number of piperidine rings is 1. The lowest BCUT2D eigenvalue weighted by Crippen LogP contribution is -2.58. The van der Waals surface area contributed by atoms with E-state index in [1.54, 1.807) is 14.0 Å². The number of rotatable bonds is 4. The predicted molar refractivity (Wildman–Crippen MR) is 131 cm³/mol. The number of hydrogen-bond acceptors (Lipinski definition) is 8. The average molecular weight is 513 g/mol. The first-order valence-corrected chi connectivity index (χ1v) is 12.2. The molecule has 37 heavy (non-hydrogen) atoms. The van der Waals surface area contributed by atoms with Gasteiger partial charge in [0.05, 0.1) is 31.3 Å². The number of primary amides is 1. The van der Waals surface area contributed by atoms with Gasteiger partial charge in [0.2, 0.25) is 17.7 Å². The summed E-state index contributed by atoms with van der Waals surface area (Å²) in [7, 11) is 1.63. The van der Waals surface area contributed by atoms with Crippen LogP contribution < -0.4 is 26.4 Å². The van der Waals surface area contributed by atoms with Crippen molar-refractivity contribution in [2.45, 2.75) is 57.3 Å². The number of nitrogens with two attached hydrogens (primary N) is 1.